The molecule has 0 aliphatic carbocycles. The van der Waals surface area contributed by atoms with Crippen molar-refractivity contribution in [1.29, 1.82) is 0 Å². The van der Waals surface area contributed by atoms with Crippen molar-refractivity contribution in [3.63, 3.8) is 0 Å². The molecular formula is C13H9NO. The van der Waals surface area contributed by atoms with Crippen LogP contribution in [0.4, 0.5) is 0 Å². The van der Waals surface area contributed by atoms with E-state index in [9.17, 15) is 0 Å². The third-order valence-corrected chi connectivity index (χ3v) is 2.45. The number of hydrogen-bond acceptors (Lipinski definition) is 2. The molecule has 72 valence electrons. The van der Waals surface area contributed by atoms with Crippen LogP contribution in [0.15, 0.2) is 59.5 Å². The van der Waals surface area contributed by atoms with E-state index in [1.54, 1.807) is 18.7 Å². The fourth-order valence-corrected chi connectivity index (χ4v) is 1.72. The lowest BCUT2D eigenvalue weighted by atomic mass is 10.1. The predicted molar refractivity (Wildman–Crippen MR) is 59.4 cm³/mol. The standard InChI is InChI=1S/C13H9NO/c1-2-4-12-11(3-1)9-15-13(12)10-5-7-14-8-6-10/h1-9H. The highest BCUT2D eigenvalue weighted by Gasteiger charge is 2.06. The molecule has 2 aromatic heterocycles. The molecule has 1 aromatic carbocycles. The third-order valence-electron chi connectivity index (χ3n) is 2.45. The molecule has 2 nitrogen and oxygen atoms in total. The molecule has 0 spiro atoms. The van der Waals surface area contributed by atoms with Crippen LogP contribution in [0.2, 0.25) is 0 Å². The van der Waals surface area contributed by atoms with Gasteiger partial charge in [0.15, 0.2) is 0 Å². The van der Waals surface area contributed by atoms with Gasteiger partial charge in [-0.05, 0) is 12.1 Å². The van der Waals surface area contributed by atoms with Crippen molar-refractivity contribution in [3.05, 3.63) is 55.1 Å². The molecular weight excluding hydrogens is 186 g/mol. The van der Waals surface area contributed by atoms with E-state index in [0.717, 1.165) is 22.1 Å². The third kappa shape index (κ3) is 1.31. The molecule has 0 unspecified atom stereocenters. The second-order valence-electron chi connectivity index (χ2n) is 3.39. The highest BCUT2D eigenvalue weighted by molar-refractivity contribution is 5.93. The largest absolute Gasteiger partial charge is 0.463 e. The van der Waals surface area contributed by atoms with Crippen molar-refractivity contribution < 1.29 is 4.42 Å². The Balaban J connectivity index is 2.28. The predicted octanol–water partition coefficient (Wildman–Crippen LogP) is 3.49. The average Bonchev–Trinajstić information content (AvgIpc) is 2.74. The Morgan fingerprint density at radius 3 is 2.60 bits per heavy atom. The van der Waals surface area contributed by atoms with Crippen LogP contribution in [0, 0.1) is 0 Å². The molecule has 0 saturated heterocycles. The molecule has 2 heterocycles. The summed E-state index contributed by atoms with van der Waals surface area (Å²) in [5.41, 5.74) is 1.06. The summed E-state index contributed by atoms with van der Waals surface area (Å²) >= 11 is 0. The normalized spacial score (nSPS) is 10.7. The fraction of sp³-hybridized carbons (Fsp3) is 0. The van der Waals surface area contributed by atoms with E-state index < -0.39 is 0 Å². The number of benzene rings is 1. The second kappa shape index (κ2) is 3.24. The molecule has 3 rings (SSSR count). The van der Waals surface area contributed by atoms with Gasteiger partial charge in [-0.15, -0.1) is 0 Å². The summed E-state index contributed by atoms with van der Waals surface area (Å²) in [7, 11) is 0. The number of aromatic nitrogens is 1. The van der Waals surface area contributed by atoms with Crippen molar-refractivity contribution in [2.24, 2.45) is 0 Å². The Kier molecular flexibility index (Phi) is 1.78. The molecule has 0 amide bonds. The van der Waals surface area contributed by atoms with Crippen LogP contribution in [0.25, 0.3) is 22.1 Å². The van der Waals surface area contributed by atoms with Crippen LogP contribution >= 0.6 is 0 Å². The highest BCUT2D eigenvalue weighted by atomic mass is 16.3. The minimum atomic E-state index is 0.910. The zero-order valence-electron chi connectivity index (χ0n) is 8.05. The zero-order chi connectivity index (χ0) is 10.1. The summed E-state index contributed by atoms with van der Waals surface area (Å²) in [6, 6.07) is 12.0. The molecule has 0 N–H and O–H groups in total. The van der Waals surface area contributed by atoms with E-state index in [1.165, 1.54) is 0 Å². The Labute approximate surface area is 87.2 Å². The first kappa shape index (κ1) is 8.24. The number of nitrogens with zero attached hydrogens (tertiary/aromatic N) is 1. The summed E-state index contributed by atoms with van der Waals surface area (Å²) in [6.45, 7) is 0. The van der Waals surface area contributed by atoms with Crippen LogP contribution in [0.3, 0.4) is 0 Å². The summed E-state index contributed by atoms with van der Waals surface area (Å²) in [5, 5.41) is 2.27. The SMILES string of the molecule is c1ccc2c(-c3ccncc3)occ2c1. The van der Waals surface area contributed by atoms with E-state index in [4.69, 9.17) is 4.42 Å². The van der Waals surface area contributed by atoms with E-state index in [2.05, 4.69) is 11.1 Å². The maximum atomic E-state index is 5.57. The van der Waals surface area contributed by atoms with Crippen LogP contribution in [0.1, 0.15) is 0 Å². The Hall–Kier alpha value is -2.09. The first-order chi connectivity index (χ1) is 7.45. The van der Waals surface area contributed by atoms with E-state index in [0.29, 0.717) is 0 Å². The first-order valence-corrected chi connectivity index (χ1v) is 4.82. The Morgan fingerprint density at radius 2 is 1.73 bits per heavy atom. The van der Waals surface area contributed by atoms with Gasteiger partial charge in [0.1, 0.15) is 5.76 Å². The van der Waals surface area contributed by atoms with Crippen LogP contribution in [-0.2, 0) is 0 Å². The van der Waals surface area contributed by atoms with Gasteiger partial charge in [0.25, 0.3) is 0 Å². The lowest BCUT2D eigenvalue weighted by Gasteiger charge is -1.96. The highest BCUT2D eigenvalue weighted by Crippen LogP contribution is 2.29. The summed E-state index contributed by atoms with van der Waals surface area (Å²) in [5.74, 6) is 0.910. The summed E-state index contributed by atoms with van der Waals surface area (Å²) in [4.78, 5) is 3.99. The van der Waals surface area contributed by atoms with Gasteiger partial charge in [0, 0.05) is 28.7 Å². The number of furan rings is 1. The van der Waals surface area contributed by atoms with Gasteiger partial charge in [-0.3, -0.25) is 4.98 Å². The quantitative estimate of drug-likeness (QED) is 0.594. The monoisotopic (exact) mass is 195 g/mol. The van der Waals surface area contributed by atoms with E-state index in [1.807, 2.05) is 30.3 Å². The Morgan fingerprint density at radius 1 is 0.933 bits per heavy atom. The summed E-state index contributed by atoms with van der Waals surface area (Å²) in [6.07, 6.45) is 5.32. The van der Waals surface area contributed by atoms with E-state index in [-0.39, 0.29) is 0 Å². The topological polar surface area (TPSA) is 26.0 Å². The van der Waals surface area contributed by atoms with Gasteiger partial charge in [0.2, 0.25) is 0 Å². The van der Waals surface area contributed by atoms with Gasteiger partial charge >= 0.3 is 0 Å². The second-order valence-corrected chi connectivity index (χ2v) is 3.39. The van der Waals surface area contributed by atoms with Crippen molar-refractivity contribution in [2.75, 3.05) is 0 Å². The Bertz CT molecular complexity index is 584. The minimum Gasteiger partial charge on any atom is -0.463 e. The zero-order valence-corrected chi connectivity index (χ0v) is 8.05. The molecule has 0 aliphatic rings. The lowest BCUT2D eigenvalue weighted by molar-refractivity contribution is 0.587. The van der Waals surface area contributed by atoms with Crippen LogP contribution < -0.4 is 0 Å². The van der Waals surface area contributed by atoms with Gasteiger partial charge in [-0.1, -0.05) is 24.3 Å². The molecule has 3 aromatic rings. The minimum absolute atomic E-state index is 0.910. The van der Waals surface area contributed by atoms with Crippen molar-refractivity contribution in [3.8, 4) is 11.3 Å². The van der Waals surface area contributed by atoms with Crippen molar-refractivity contribution >= 4 is 10.8 Å². The lowest BCUT2D eigenvalue weighted by Crippen LogP contribution is -1.75. The maximum absolute atomic E-state index is 5.57. The van der Waals surface area contributed by atoms with Crippen LogP contribution in [-0.4, -0.2) is 4.98 Å². The first-order valence-electron chi connectivity index (χ1n) is 4.82. The molecule has 0 atom stereocenters. The molecule has 2 heteroatoms. The number of pyridine rings is 1. The average molecular weight is 195 g/mol. The van der Waals surface area contributed by atoms with Gasteiger partial charge in [0.05, 0.1) is 6.26 Å². The fourth-order valence-electron chi connectivity index (χ4n) is 1.72. The molecule has 15 heavy (non-hydrogen) atoms. The summed E-state index contributed by atoms with van der Waals surface area (Å²) < 4.78 is 5.57. The molecule has 0 radical (unpaired) electrons. The maximum Gasteiger partial charge on any atom is 0.141 e. The molecule has 0 saturated carbocycles. The molecule has 0 bridgehead atoms. The smallest absolute Gasteiger partial charge is 0.141 e. The van der Waals surface area contributed by atoms with Gasteiger partial charge in [-0.2, -0.15) is 0 Å². The number of fused-ring (bicyclic) bond motifs is 1. The van der Waals surface area contributed by atoms with Gasteiger partial charge < -0.3 is 4.42 Å². The van der Waals surface area contributed by atoms with Crippen molar-refractivity contribution in [2.45, 2.75) is 0 Å². The number of hydrogen-bond donors (Lipinski definition) is 0. The van der Waals surface area contributed by atoms with Gasteiger partial charge in [-0.25, -0.2) is 0 Å². The van der Waals surface area contributed by atoms with Crippen LogP contribution in [0.5, 0.6) is 0 Å². The molecule has 0 fully saturated rings. The molecule has 0 aliphatic heterocycles. The van der Waals surface area contributed by atoms with E-state index >= 15 is 0 Å². The number of rotatable bonds is 1. The van der Waals surface area contributed by atoms with Crippen molar-refractivity contribution in [1.82, 2.24) is 4.98 Å².